The molecule has 0 radical (unpaired) electrons. The van der Waals surface area contributed by atoms with Crippen LogP contribution in [-0.2, 0) is 0 Å². The van der Waals surface area contributed by atoms with Crippen molar-refractivity contribution >= 4 is 5.69 Å². The molecule has 2 nitrogen and oxygen atoms in total. The molecule has 0 fully saturated rings. The summed E-state index contributed by atoms with van der Waals surface area (Å²) in [6, 6.07) is 8.72. The molecule has 0 spiro atoms. The summed E-state index contributed by atoms with van der Waals surface area (Å²) in [5, 5.41) is 3.48. The molecule has 1 aromatic rings. The lowest BCUT2D eigenvalue weighted by Crippen LogP contribution is -2.14. The molecule has 1 aromatic carbocycles. The zero-order chi connectivity index (χ0) is 11.8. The van der Waals surface area contributed by atoms with Crippen LogP contribution in [0.2, 0.25) is 0 Å². The number of rotatable bonds is 7. The Morgan fingerprint density at radius 3 is 2.75 bits per heavy atom. The van der Waals surface area contributed by atoms with Gasteiger partial charge < -0.3 is 10.1 Å². The molecule has 90 valence electrons. The summed E-state index contributed by atoms with van der Waals surface area (Å²) < 4.78 is 5.60. The maximum Gasteiger partial charge on any atom is 0.121 e. The highest BCUT2D eigenvalue weighted by molar-refractivity contribution is 5.48. The van der Waals surface area contributed by atoms with E-state index in [1.165, 1.54) is 12.8 Å². The van der Waals surface area contributed by atoms with E-state index in [4.69, 9.17) is 4.74 Å². The molecule has 1 unspecified atom stereocenters. The number of anilines is 1. The van der Waals surface area contributed by atoms with Gasteiger partial charge in [0, 0.05) is 17.8 Å². The topological polar surface area (TPSA) is 21.3 Å². The van der Waals surface area contributed by atoms with Crippen LogP contribution in [0.1, 0.15) is 40.0 Å². The second kappa shape index (κ2) is 7.15. The molecule has 0 aliphatic heterocycles. The van der Waals surface area contributed by atoms with Crippen molar-refractivity contribution in [3.05, 3.63) is 24.3 Å². The number of nitrogens with one attached hydrogen (secondary N) is 1. The molecule has 1 rings (SSSR count). The lowest BCUT2D eigenvalue weighted by Gasteiger charge is -2.15. The number of benzene rings is 1. The lowest BCUT2D eigenvalue weighted by atomic mass is 10.2. The first-order chi connectivity index (χ1) is 7.76. The Bertz CT molecular complexity index is 299. The van der Waals surface area contributed by atoms with Crippen molar-refractivity contribution < 1.29 is 4.74 Å². The maximum absolute atomic E-state index is 5.60. The minimum atomic E-state index is 0.520. The van der Waals surface area contributed by atoms with Crippen molar-refractivity contribution in [3.8, 4) is 5.75 Å². The van der Waals surface area contributed by atoms with Gasteiger partial charge in [0.25, 0.3) is 0 Å². The van der Waals surface area contributed by atoms with E-state index < -0.39 is 0 Å². The van der Waals surface area contributed by atoms with Gasteiger partial charge in [0.1, 0.15) is 5.75 Å². The van der Waals surface area contributed by atoms with Gasteiger partial charge in [0.2, 0.25) is 0 Å². The van der Waals surface area contributed by atoms with Gasteiger partial charge in [-0.05, 0) is 31.9 Å². The van der Waals surface area contributed by atoms with E-state index in [0.29, 0.717) is 6.04 Å². The maximum atomic E-state index is 5.60. The third kappa shape index (κ3) is 4.56. The Kier molecular flexibility index (Phi) is 5.76. The predicted molar refractivity (Wildman–Crippen MR) is 70.2 cm³/mol. The fraction of sp³-hybridized carbons (Fsp3) is 0.571. The molecular formula is C14H23NO. The van der Waals surface area contributed by atoms with E-state index in [2.05, 4.69) is 38.2 Å². The van der Waals surface area contributed by atoms with Crippen molar-refractivity contribution in [2.75, 3.05) is 11.9 Å². The highest BCUT2D eigenvalue weighted by atomic mass is 16.5. The highest BCUT2D eigenvalue weighted by Gasteiger charge is 2.01. The van der Waals surface area contributed by atoms with E-state index in [1.54, 1.807) is 0 Å². The molecule has 1 N–H and O–H groups in total. The SMILES string of the molecule is CCCOc1cccc(NC(C)CCC)c1. The molecule has 1 atom stereocenters. The summed E-state index contributed by atoms with van der Waals surface area (Å²) in [6.07, 6.45) is 3.45. The second-order valence-corrected chi connectivity index (χ2v) is 4.21. The van der Waals surface area contributed by atoms with Gasteiger partial charge in [-0.15, -0.1) is 0 Å². The van der Waals surface area contributed by atoms with E-state index >= 15 is 0 Å². The van der Waals surface area contributed by atoms with Crippen LogP contribution in [0.5, 0.6) is 5.75 Å². The van der Waals surface area contributed by atoms with E-state index in [-0.39, 0.29) is 0 Å². The minimum Gasteiger partial charge on any atom is -0.494 e. The summed E-state index contributed by atoms with van der Waals surface area (Å²) in [4.78, 5) is 0. The number of ether oxygens (including phenoxy) is 1. The number of hydrogen-bond acceptors (Lipinski definition) is 2. The third-order valence-electron chi connectivity index (χ3n) is 2.44. The summed E-state index contributed by atoms with van der Waals surface area (Å²) >= 11 is 0. The summed E-state index contributed by atoms with van der Waals surface area (Å²) in [7, 11) is 0. The van der Waals surface area contributed by atoms with Crippen LogP contribution in [0.25, 0.3) is 0 Å². The van der Waals surface area contributed by atoms with E-state index in [1.807, 2.05) is 12.1 Å². The zero-order valence-corrected chi connectivity index (χ0v) is 10.6. The average molecular weight is 221 g/mol. The Morgan fingerprint density at radius 2 is 2.06 bits per heavy atom. The van der Waals surface area contributed by atoms with Gasteiger partial charge in [-0.2, -0.15) is 0 Å². The first-order valence-electron chi connectivity index (χ1n) is 6.25. The standard InChI is InChI=1S/C14H23NO/c1-4-7-12(3)15-13-8-6-9-14(11-13)16-10-5-2/h6,8-9,11-12,15H,4-5,7,10H2,1-3H3. The van der Waals surface area contributed by atoms with Crippen molar-refractivity contribution in [2.24, 2.45) is 0 Å². The van der Waals surface area contributed by atoms with Crippen molar-refractivity contribution in [2.45, 2.75) is 46.1 Å². The molecule has 16 heavy (non-hydrogen) atoms. The summed E-state index contributed by atoms with van der Waals surface area (Å²) in [5.41, 5.74) is 1.15. The third-order valence-corrected chi connectivity index (χ3v) is 2.44. The Hall–Kier alpha value is -1.18. The summed E-state index contributed by atoms with van der Waals surface area (Å²) in [5.74, 6) is 0.954. The molecule has 0 bridgehead atoms. The van der Waals surface area contributed by atoms with Crippen LogP contribution < -0.4 is 10.1 Å². The quantitative estimate of drug-likeness (QED) is 0.749. The van der Waals surface area contributed by atoms with Crippen LogP contribution in [0, 0.1) is 0 Å². The average Bonchev–Trinajstić information content (AvgIpc) is 2.27. The van der Waals surface area contributed by atoms with Crippen LogP contribution >= 0.6 is 0 Å². The fourth-order valence-electron chi connectivity index (χ4n) is 1.69. The first kappa shape index (κ1) is 12.9. The Balaban J connectivity index is 2.52. The minimum absolute atomic E-state index is 0.520. The zero-order valence-electron chi connectivity index (χ0n) is 10.6. The van der Waals surface area contributed by atoms with Crippen molar-refractivity contribution in [3.63, 3.8) is 0 Å². The smallest absolute Gasteiger partial charge is 0.121 e. The molecule has 0 aliphatic rings. The molecule has 2 heteroatoms. The molecule has 0 aromatic heterocycles. The van der Waals surface area contributed by atoms with Gasteiger partial charge in [0.05, 0.1) is 6.61 Å². The molecule has 0 saturated carbocycles. The molecule has 0 amide bonds. The largest absolute Gasteiger partial charge is 0.494 e. The van der Waals surface area contributed by atoms with Gasteiger partial charge in [0.15, 0.2) is 0 Å². The lowest BCUT2D eigenvalue weighted by molar-refractivity contribution is 0.317. The van der Waals surface area contributed by atoms with Crippen LogP contribution in [0.3, 0.4) is 0 Å². The van der Waals surface area contributed by atoms with Crippen LogP contribution in [0.4, 0.5) is 5.69 Å². The molecular weight excluding hydrogens is 198 g/mol. The second-order valence-electron chi connectivity index (χ2n) is 4.21. The van der Waals surface area contributed by atoms with Crippen LogP contribution in [0.15, 0.2) is 24.3 Å². The van der Waals surface area contributed by atoms with E-state index in [0.717, 1.165) is 24.5 Å². The fourth-order valence-corrected chi connectivity index (χ4v) is 1.69. The predicted octanol–water partition coefficient (Wildman–Crippen LogP) is 4.08. The molecule has 0 saturated heterocycles. The first-order valence-corrected chi connectivity index (χ1v) is 6.25. The monoisotopic (exact) mass is 221 g/mol. The van der Waals surface area contributed by atoms with Gasteiger partial charge in [-0.25, -0.2) is 0 Å². The molecule has 0 aliphatic carbocycles. The summed E-state index contributed by atoms with van der Waals surface area (Å²) in [6.45, 7) is 7.32. The normalized spacial score (nSPS) is 12.2. The van der Waals surface area contributed by atoms with Crippen molar-refractivity contribution in [1.82, 2.24) is 0 Å². The van der Waals surface area contributed by atoms with E-state index in [9.17, 15) is 0 Å². The number of hydrogen-bond donors (Lipinski definition) is 1. The highest BCUT2D eigenvalue weighted by Crippen LogP contribution is 2.18. The van der Waals surface area contributed by atoms with Gasteiger partial charge in [-0.3, -0.25) is 0 Å². The Morgan fingerprint density at radius 1 is 1.25 bits per heavy atom. The van der Waals surface area contributed by atoms with Gasteiger partial charge in [-0.1, -0.05) is 26.3 Å². The Labute approximate surface area is 99.0 Å². The molecule has 0 heterocycles. The van der Waals surface area contributed by atoms with Crippen molar-refractivity contribution in [1.29, 1.82) is 0 Å². The van der Waals surface area contributed by atoms with Gasteiger partial charge >= 0.3 is 0 Å². The van der Waals surface area contributed by atoms with Crippen LogP contribution in [-0.4, -0.2) is 12.6 Å².